The largest absolute Gasteiger partial charge is 0.367 e. The van der Waals surface area contributed by atoms with Crippen LogP contribution in [0.2, 0.25) is 0 Å². The van der Waals surface area contributed by atoms with E-state index in [1.165, 1.54) is 15.9 Å². The number of halogens is 1. The lowest BCUT2D eigenvalue weighted by Gasteiger charge is -2.28. The fourth-order valence-corrected chi connectivity index (χ4v) is 4.58. The quantitative estimate of drug-likeness (QED) is 0.543. The minimum Gasteiger partial charge on any atom is -0.367 e. The molecule has 5 heterocycles. The normalized spacial score (nSPS) is 16.3. The van der Waals surface area contributed by atoms with Crippen LogP contribution in [0.25, 0.3) is 10.3 Å². The average Bonchev–Trinajstić information content (AvgIpc) is 3.40. The summed E-state index contributed by atoms with van der Waals surface area (Å²) in [4.78, 5) is 4.71. The number of hydrazone groups is 1. The Bertz CT molecular complexity index is 1190. The first-order valence-electron chi connectivity index (χ1n) is 8.64. The van der Waals surface area contributed by atoms with E-state index in [2.05, 4.69) is 20.4 Å². The summed E-state index contributed by atoms with van der Waals surface area (Å²) in [6, 6.07) is 1.92. The Kier molecular flexibility index (Phi) is 3.81. The number of hydrogen-bond donors (Lipinski definition) is 2. The summed E-state index contributed by atoms with van der Waals surface area (Å²) in [6.45, 7) is 0.0699. The van der Waals surface area contributed by atoms with Gasteiger partial charge in [-0.1, -0.05) is 0 Å². The first-order chi connectivity index (χ1) is 13.5. The van der Waals surface area contributed by atoms with Gasteiger partial charge in [-0.25, -0.2) is 9.37 Å². The Morgan fingerprint density at radius 3 is 2.93 bits per heavy atom. The van der Waals surface area contributed by atoms with Gasteiger partial charge in [-0.05, 0) is 6.07 Å². The van der Waals surface area contributed by atoms with Crippen LogP contribution in [0.3, 0.4) is 0 Å². The predicted molar refractivity (Wildman–Crippen MR) is 101 cm³/mol. The third kappa shape index (κ3) is 2.62. The summed E-state index contributed by atoms with van der Waals surface area (Å²) in [7, 11) is 3.51. The predicted octanol–water partition coefficient (Wildman–Crippen LogP) is 1.66. The second-order valence-electron chi connectivity index (χ2n) is 6.67. The zero-order chi connectivity index (χ0) is 19.4. The van der Waals surface area contributed by atoms with Crippen molar-refractivity contribution >= 4 is 27.9 Å². The van der Waals surface area contributed by atoms with E-state index in [-0.39, 0.29) is 12.2 Å². The van der Waals surface area contributed by atoms with Gasteiger partial charge in [0.15, 0.2) is 17.7 Å². The molecule has 0 aromatic carbocycles. The van der Waals surface area contributed by atoms with E-state index in [0.29, 0.717) is 12.1 Å². The Balaban J connectivity index is 1.48. The molecular weight excluding hydrogens is 383 g/mol. The molecule has 0 bridgehead atoms. The van der Waals surface area contributed by atoms with E-state index < -0.39 is 12.0 Å². The maximum atomic E-state index is 13.9. The Labute approximate surface area is 162 Å². The van der Waals surface area contributed by atoms with Crippen molar-refractivity contribution in [2.45, 2.75) is 19.2 Å². The van der Waals surface area contributed by atoms with Crippen LogP contribution in [0.1, 0.15) is 33.9 Å². The summed E-state index contributed by atoms with van der Waals surface area (Å²) in [5.41, 5.74) is 3.47. The third-order valence-corrected chi connectivity index (χ3v) is 5.85. The summed E-state index contributed by atoms with van der Waals surface area (Å²) < 4.78 is 18.2. The van der Waals surface area contributed by atoms with E-state index in [4.69, 9.17) is 4.98 Å². The van der Waals surface area contributed by atoms with Crippen molar-refractivity contribution in [2.24, 2.45) is 19.2 Å². The molecule has 9 nitrogen and oxygen atoms in total. The van der Waals surface area contributed by atoms with Gasteiger partial charge in [0, 0.05) is 32.3 Å². The maximum Gasteiger partial charge on any atom is 0.184 e. The van der Waals surface area contributed by atoms with Crippen LogP contribution in [0.4, 0.5) is 4.39 Å². The summed E-state index contributed by atoms with van der Waals surface area (Å²) in [5.74, 6) is -0.423. The zero-order valence-electron chi connectivity index (χ0n) is 15.2. The van der Waals surface area contributed by atoms with Gasteiger partial charge in [-0.15, -0.1) is 11.3 Å². The number of rotatable bonds is 4. The third-order valence-electron chi connectivity index (χ3n) is 4.77. The average molecular weight is 400 g/mol. The van der Waals surface area contributed by atoms with E-state index in [0.717, 1.165) is 26.6 Å². The molecule has 0 saturated carbocycles. The lowest BCUT2D eigenvalue weighted by Crippen LogP contribution is -2.29. The number of aliphatic hydroxyl groups excluding tert-OH is 1. The van der Waals surface area contributed by atoms with Crippen molar-refractivity contribution in [2.75, 3.05) is 0 Å². The van der Waals surface area contributed by atoms with Gasteiger partial charge in [0.2, 0.25) is 0 Å². The molecule has 144 valence electrons. The van der Waals surface area contributed by atoms with E-state index >= 15 is 0 Å². The topological polar surface area (TPSA) is 100 Å². The number of fused-ring (bicyclic) bond motifs is 3. The number of aromatic amines is 1. The lowest BCUT2D eigenvalue weighted by molar-refractivity contribution is -0.0114. The smallest absolute Gasteiger partial charge is 0.184 e. The first kappa shape index (κ1) is 17.1. The number of nitrogens with one attached hydrogen (secondary N) is 1. The Hall–Kier alpha value is -3.05. The van der Waals surface area contributed by atoms with Gasteiger partial charge in [0.1, 0.15) is 10.7 Å². The van der Waals surface area contributed by atoms with Crippen molar-refractivity contribution in [1.82, 2.24) is 34.5 Å². The molecular formula is C17H17FN8OS. The zero-order valence-corrected chi connectivity index (χ0v) is 16.0. The molecule has 0 radical (unpaired) electrons. The number of hydrogen-bond acceptors (Lipinski definition) is 7. The fourth-order valence-electron chi connectivity index (χ4n) is 3.46. The van der Waals surface area contributed by atoms with Gasteiger partial charge >= 0.3 is 0 Å². The number of H-pyrrole nitrogens is 1. The first-order valence-corrected chi connectivity index (χ1v) is 9.46. The molecule has 2 N–H and O–H groups in total. The van der Waals surface area contributed by atoms with Crippen LogP contribution in [0.15, 0.2) is 23.6 Å². The molecule has 1 atom stereocenters. The second-order valence-corrected chi connectivity index (χ2v) is 7.76. The summed E-state index contributed by atoms with van der Waals surface area (Å²) >= 11 is 1.56. The van der Waals surface area contributed by atoms with Crippen LogP contribution < -0.4 is 0 Å². The van der Waals surface area contributed by atoms with E-state index in [1.54, 1.807) is 30.8 Å². The SMILES string of the molecule is Cn1cc(F)c(CN2N=Cc3c(n(C)c4nc(Cc5cc[nH]n5)sc34)C2O)n1. The molecule has 4 aromatic rings. The minimum absolute atomic E-state index is 0.0699. The Morgan fingerprint density at radius 2 is 2.21 bits per heavy atom. The van der Waals surface area contributed by atoms with Crippen LogP contribution in [0.5, 0.6) is 0 Å². The van der Waals surface area contributed by atoms with Crippen LogP contribution in [-0.4, -0.2) is 45.9 Å². The van der Waals surface area contributed by atoms with Gasteiger partial charge in [-0.2, -0.15) is 15.3 Å². The second kappa shape index (κ2) is 6.24. The molecule has 11 heteroatoms. The fraction of sp³-hybridized carbons (Fsp3) is 0.294. The molecule has 0 amide bonds. The van der Waals surface area contributed by atoms with Gasteiger partial charge in [-0.3, -0.25) is 14.8 Å². The monoisotopic (exact) mass is 400 g/mol. The molecule has 0 spiro atoms. The summed E-state index contributed by atoms with van der Waals surface area (Å²) in [6.07, 6.45) is 4.41. The van der Waals surface area contributed by atoms with Crippen molar-refractivity contribution in [3.05, 3.63) is 51.9 Å². The van der Waals surface area contributed by atoms with Crippen LogP contribution in [0, 0.1) is 5.82 Å². The molecule has 0 aliphatic carbocycles. The minimum atomic E-state index is -1.01. The highest BCUT2D eigenvalue weighted by atomic mass is 32.1. The van der Waals surface area contributed by atoms with E-state index in [9.17, 15) is 9.50 Å². The number of aryl methyl sites for hydroxylation is 2. The molecule has 4 aromatic heterocycles. The summed E-state index contributed by atoms with van der Waals surface area (Å²) in [5, 5.41) is 28.6. The van der Waals surface area contributed by atoms with Gasteiger partial charge in [0.05, 0.1) is 35.0 Å². The van der Waals surface area contributed by atoms with E-state index in [1.807, 2.05) is 17.7 Å². The molecule has 1 aliphatic heterocycles. The Morgan fingerprint density at radius 1 is 1.36 bits per heavy atom. The van der Waals surface area contributed by atoms with Crippen molar-refractivity contribution in [3.63, 3.8) is 0 Å². The maximum absolute atomic E-state index is 13.9. The standard InChI is InChI=1S/C17H17FN8OS/c1-24-7-11(18)12(23-24)8-26-17(27)14-10(6-20-26)15-16(25(14)2)21-13(28-15)5-9-3-4-19-22-9/h3-4,6-7,17,27H,5,8H2,1-2H3,(H,19,22). The molecule has 0 saturated heterocycles. The molecule has 1 aliphatic rings. The highest BCUT2D eigenvalue weighted by molar-refractivity contribution is 7.19. The number of thiazole rings is 1. The van der Waals surface area contributed by atoms with Crippen molar-refractivity contribution in [1.29, 1.82) is 0 Å². The van der Waals surface area contributed by atoms with Gasteiger partial charge < -0.3 is 9.67 Å². The highest BCUT2D eigenvalue weighted by Gasteiger charge is 2.31. The van der Waals surface area contributed by atoms with Crippen molar-refractivity contribution < 1.29 is 9.50 Å². The molecule has 1 unspecified atom stereocenters. The number of aromatic nitrogens is 6. The number of aliphatic hydroxyl groups is 1. The van der Waals surface area contributed by atoms with Crippen LogP contribution in [-0.2, 0) is 27.1 Å². The molecule has 0 fully saturated rings. The van der Waals surface area contributed by atoms with Gasteiger partial charge in [0.25, 0.3) is 0 Å². The lowest BCUT2D eigenvalue weighted by atomic mass is 10.2. The van der Waals surface area contributed by atoms with Crippen LogP contribution >= 0.6 is 11.3 Å². The molecule has 28 heavy (non-hydrogen) atoms. The van der Waals surface area contributed by atoms with Crippen molar-refractivity contribution in [3.8, 4) is 0 Å². The number of nitrogens with zero attached hydrogens (tertiary/aromatic N) is 7. The molecule has 5 rings (SSSR count). The highest BCUT2D eigenvalue weighted by Crippen LogP contribution is 2.37.